The standard InChI is InChI=1S/C28H32N8OS/c29-21-5-6-25(35-12-8-28(9-13-35)7-3-10-30-19-28)23(14-21)33-26(37)24-18-38-27(34-24)20-15-32-36(16-20)17-22-4-1-2-11-31-22/h1-2,4-6,11,14-16,18,30H,3,7-10,12-13,17,19,29H2,(H,33,37). The molecule has 1 amide bonds. The smallest absolute Gasteiger partial charge is 0.275 e. The molecule has 0 bridgehead atoms. The number of benzene rings is 1. The van der Waals surface area contributed by atoms with Gasteiger partial charge in [0, 0.05) is 48.7 Å². The van der Waals surface area contributed by atoms with Crippen LogP contribution in [0.25, 0.3) is 10.6 Å². The Labute approximate surface area is 226 Å². The summed E-state index contributed by atoms with van der Waals surface area (Å²) in [6, 6.07) is 11.6. The largest absolute Gasteiger partial charge is 0.399 e. The Balaban J connectivity index is 1.14. The van der Waals surface area contributed by atoms with Crippen molar-refractivity contribution in [3.63, 3.8) is 0 Å². The van der Waals surface area contributed by atoms with Crippen molar-refractivity contribution in [3.8, 4) is 10.6 Å². The van der Waals surface area contributed by atoms with Crippen molar-refractivity contribution in [1.29, 1.82) is 0 Å². The number of amides is 1. The lowest BCUT2D eigenvalue weighted by Crippen LogP contribution is -2.48. The topological polar surface area (TPSA) is 114 Å². The second-order valence-electron chi connectivity index (χ2n) is 10.3. The van der Waals surface area contributed by atoms with Gasteiger partial charge < -0.3 is 21.3 Å². The second kappa shape index (κ2) is 10.5. The van der Waals surface area contributed by atoms with Gasteiger partial charge in [0.05, 0.1) is 29.8 Å². The molecular weight excluding hydrogens is 496 g/mol. The first-order valence-electron chi connectivity index (χ1n) is 13.1. The number of anilines is 3. The summed E-state index contributed by atoms with van der Waals surface area (Å²) in [4.78, 5) is 24.6. The third kappa shape index (κ3) is 5.27. The summed E-state index contributed by atoms with van der Waals surface area (Å²) in [5.41, 5.74) is 11.1. The van der Waals surface area contributed by atoms with E-state index in [1.807, 2.05) is 47.3 Å². The summed E-state index contributed by atoms with van der Waals surface area (Å²) in [5.74, 6) is -0.245. The Kier molecular flexibility index (Phi) is 6.82. The number of hydrogen-bond acceptors (Lipinski definition) is 8. The number of hydrogen-bond donors (Lipinski definition) is 3. The first-order chi connectivity index (χ1) is 18.6. The number of pyridine rings is 1. The fraction of sp³-hybridized carbons (Fsp3) is 0.357. The van der Waals surface area contributed by atoms with Crippen molar-refractivity contribution in [3.05, 3.63) is 71.8 Å². The van der Waals surface area contributed by atoms with Crippen LogP contribution >= 0.6 is 11.3 Å². The molecule has 4 N–H and O–H groups in total. The molecule has 2 aliphatic rings. The van der Waals surface area contributed by atoms with Gasteiger partial charge in [-0.3, -0.25) is 14.5 Å². The Morgan fingerprint density at radius 2 is 2.08 bits per heavy atom. The molecule has 1 aromatic carbocycles. The molecule has 196 valence electrons. The Hall–Kier alpha value is -3.76. The quantitative estimate of drug-likeness (QED) is 0.321. The molecule has 6 rings (SSSR count). The van der Waals surface area contributed by atoms with Gasteiger partial charge in [-0.1, -0.05) is 6.07 Å². The van der Waals surface area contributed by atoms with E-state index in [1.54, 1.807) is 17.8 Å². The van der Waals surface area contributed by atoms with E-state index < -0.39 is 0 Å². The molecule has 2 saturated heterocycles. The SMILES string of the molecule is Nc1ccc(N2CCC3(CCCNC3)CC2)c(NC(=O)c2csc(-c3cnn(Cc4ccccn4)c3)n2)c1. The number of rotatable bonds is 6. The normalized spacial score (nSPS) is 17.0. The lowest BCUT2D eigenvalue weighted by atomic mass is 9.73. The summed E-state index contributed by atoms with van der Waals surface area (Å²) in [7, 11) is 0. The van der Waals surface area contributed by atoms with Crippen LogP contribution in [0.5, 0.6) is 0 Å². The van der Waals surface area contributed by atoms with Crippen LogP contribution in [-0.2, 0) is 6.54 Å². The number of nitrogens with one attached hydrogen (secondary N) is 2. The molecule has 0 unspecified atom stereocenters. The number of carbonyl (C=O) groups excluding carboxylic acids is 1. The highest BCUT2D eigenvalue weighted by molar-refractivity contribution is 7.13. The first-order valence-corrected chi connectivity index (χ1v) is 14.0. The predicted octanol–water partition coefficient (Wildman–Crippen LogP) is 4.25. The van der Waals surface area contributed by atoms with Crippen LogP contribution in [0.15, 0.2) is 60.4 Å². The van der Waals surface area contributed by atoms with E-state index in [2.05, 4.69) is 30.6 Å². The van der Waals surface area contributed by atoms with Gasteiger partial charge in [-0.25, -0.2) is 4.98 Å². The number of nitrogens with zero attached hydrogens (tertiary/aromatic N) is 5. The minimum atomic E-state index is -0.245. The number of carbonyl (C=O) groups is 1. The number of nitrogens with two attached hydrogens (primary N) is 1. The zero-order chi connectivity index (χ0) is 26.0. The molecule has 5 heterocycles. The molecule has 3 aromatic heterocycles. The van der Waals surface area contributed by atoms with Gasteiger partial charge >= 0.3 is 0 Å². The fourth-order valence-corrected chi connectivity index (χ4v) is 6.30. The molecule has 0 atom stereocenters. The maximum Gasteiger partial charge on any atom is 0.275 e. The number of piperidine rings is 2. The van der Waals surface area contributed by atoms with Crippen molar-refractivity contribution < 1.29 is 4.79 Å². The Bertz CT molecular complexity index is 1400. The van der Waals surface area contributed by atoms with Crippen molar-refractivity contribution in [1.82, 2.24) is 25.1 Å². The van der Waals surface area contributed by atoms with Crippen LogP contribution in [0.4, 0.5) is 17.1 Å². The molecule has 9 nitrogen and oxygen atoms in total. The highest BCUT2D eigenvalue weighted by atomic mass is 32.1. The Morgan fingerprint density at radius 1 is 1.18 bits per heavy atom. The van der Waals surface area contributed by atoms with E-state index in [9.17, 15) is 4.79 Å². The molecule has 1 spiro atoms. The average Bonchev–Trinajstić information content (AvgIpc) is 3.61. The molecule has 4 aromatic rings. The molecular formula is C28H32N8OS. The average molecular weight is 529 g/mol. The molecule has 0 saturated carbocycles. The van der Waals surface area contributed by atoms with Gasteiger partial charge in [-0.15, -0.1) is 11.3 Å². The van der Waals surface area contributed by atoms with Gasteiger partial charge in [0.1, 0.15) is 10.7 Å². The van der Waals surface area contributed by atoms with E-state index in [-0.39, 0.29) is 5.91 Å². The van der Waals surface area contributed by atoms with Crippen molar-refractivity contribution >= 4 is 34.3 Å². The Morgan fingerprint density at radius 3 is 2.87 bits per heavy atom. The third-order valence-electron chi connectivity index (χ3n) is 7.66. The summed E-state index contributed by atoms with van der Waals surface area (Å²) in [6.07, 6.45) is 10.3. The molecule has 10 heteroatoms. The van der Waals surface area contributed by atoms with E-state index in [0.29, 0.717) is 23.3 Å². The fourth-order valence-electron chi connectivity index (χ4n) is 5.52. The van der Waals surface area contributed by atoms with Gasteiger partial charge in [0.25, 0.3) is 5.91 Å². The van der Waals surface area contributed by atoms with Gasteiger partial charge in [-0.05, 0) is 68.0 Å². The van der Waals surface area contributed by atoms with Crippen LogP contribution < -0.4 is 21.3 Å². The monoisotopic (exact) mass is 528 g/mol. The zero-order valence-corrected chi connectivity index (χ0v) is 22.1. The molecule has 0 aliphatic carbocycles. The van der Waals surface area contributed by atoms with Crippen LogP contribution in [0.3, 0.4) is 0 Å². The minimum Gasteiger partial charge on any atom is -0.399 e. The van der Waals surface area contributed by atoms with Gasteiger partial charge in [0.2, 0.25) is 0 Å². The predicted molar refractivity (Wildman–Crippen MR) is 151 cm³/mol. The third-order valence-corrected chi connectivity index (χ3v) is 8.55. The van der Waals surface area contributed by atoms with E-state index in [4.69, 9.17) is 5.73 Å². The molecule has 2 aliphatic heterocycles. The highest BCUT2D eigenvalue weighted by Crippen LogP contribution is 2.40. The molecule has 0 radical (unpaired) electrons. The first kappa shape index (κ1) is 24.6. The van der Waals surface area contributed by atoms with Gasteiger partial charge in [-0.2, -0.15) is 5.10 Å². The van der Waals surface area contributed by atoms with Gasteiger partial charge in [0.15, 0.2) is 0 Å². The highest BCUT2D eigenvalue weighted by Gasteiger charge is 2.36. The summed E-state index contributed by atoms with van der Waals surface area (Å²) in [6.45, 7) is 4.76. The number of aromatic nitrogens is 4. The number of thiazole rings is 1. The molecule has 38 heavy (non-hydrogen) atoms. The number of nitrogen functional groups attached to an aromatic ring is 1. The maximum absolute atomic E-state index is 13.2. The lowest BCUT2D eigenvalue weighted by Gasteiger charge is -2.45. The summed E-state index contributed by atoms with van der Waals surface area (Å²) >= 11 is 1.43. The second-order valence-corrected chi connectivity index (χ2v) is 11.1. The summed E-state index contributed by atoms with van der Waals surface area (Å²) in [5, 5.41) is 13.6. The van der Waals surface area contributed by atoms with Crippen LogP contribution in [0.2, 0.25) is 0 Å². The van der Waals surface area contributed by atoms with Crippen molar-refractivity contribution in [2.45, 2.75) is 32.2 Å². The summed E-state index contributed by atoms with van der Waals surface area (Å²) < 4.78 is 1.82. The zero-order valence-electron chi connectivity index (χ0n) is 21.3. The molecule has 2 fully saturated rings. The van der Waals surface area contributed by atoms with E-state index in [1.165, 1.54) is 24.2 Å². The van der Waals surface area contributed by atoms with Crippen molar-refractivity contribution in [2.75, 3.05) is 42.1 Å². The van der Waals surface area contributed by atoms with Crippen LogP contribution in [-0.4, -0.2) is 51.8 Å². The lowest BCUT2D eigenvalue weighted by molar-refractivity contribution is 0.102. The van der Waals surface area contributed by atoms with Crippen LogP contribution in [0.1, 0.15) is 41.9 Å². The van der Waals surface area contributed by atoms with Crippen molar-refractivity contribution in [2.24, 2.45) is 5.41 Å². The maximum atomic E-state index is 13.2. The van der Waals surface area contributed by atoms with Crippen LogP contribution in [0, 0.1) is 5.41 Å². The van der Waals surface area contributed by atoms with E-state index in [0.717, 1.165) is 66.7 Å². The minimum absolute atomic E-state index is 0.245. The van der Waals surface area contributed by atoms with E-state index >= 15 is 0 Å².